The summed E-state index contributed by atoms with van der Waals surface area (Å²) < 4.78 is 26.4. The molecule has 1 aromatic rings. The molecule has 0 radical (unpaired) electrons. The molecule has 0 aromatic heterocycles. The average molecular weight is 200 g/mol. The standard InChI is InChI=1S/C10H10F2O2/c1-5-3-7(4-8(13)14)10(12)6(2)9(5)11/h3H,4H2,1-2H3,(H,13,14). The lowest BCUT2D eigenvalue weighted by Gasteiger charge is -2.07. The van der Waals surface area contributed by atoms with Gasteiger partial charge in [0.2, 0.25) is 0 Å². The van der Waals surface area contributed by atoms with Crippen molar-refractivity contribution in [1.82, 2.24) is 0 Å². The molecule has 0 unspecified atom stereocenters. The van der Waals surface area contributed by atoms with Crippen LogP contribution in [0.1, 0.15) is 16.7 Å². The number of halogens is 2. The lowest BCUT2D eigenvalue weighted by molar-refractivity contribution is -0.136. The number of aliphatic carboxylic acids is 1. The fourth-order valence-electron chi connectivity index (χ4n) is 1.31. The Morgan fingerprint density at radius 3 is 2.43 bits per heavy atom. The minimum Gasteiger partial charge on any atom is -0.481 e. The lowest BCUT2D eigenvalue weighted by atomic mass is 10.0. The Bertz CT molecular complexity index is 386. The van der Waals surface area contributed by atoms with E-state index in [1.807, 2.05) is 0 Å². The van der Waals surface area contributed by atoms with Gasteiger partial charge in [-0.3, -0.25) is 4.79 Å². The van der Waals surface area contributed by atoms with Crippen LogP contribution in [0.2, 0.25) is 0 Å². The van der Waals surface area contributed by atoms with Crippen molar-refractivity contribution in [3.05, 3.63) is 34.4 Å². The molecule has 4 heteroatoms. The predicted molar refractivity (Wildman–Crippen MR) is 47.2 cm³/mol. The second-order valence-electron chi connectivity index (χ2n) is 3.18. The SMILES string of the molecule is Cc1cc(CC(=O)O)c(F)c(C)c1F. The average Bonchev–Trinajstić information content (AvgIpc) is 2.10. The number of carboxylic acid groups (broad SMARTS) is 1. The summed E-state index contributed by atoms with van der Waals surface area (Å²) in [6.07, 6.45) is -0.423. The van der Waals surface area contributed by atoms with Gasteiger partial charge >= 0.3 is 5.97 Å². The molecule has 1 rings (SSSR count). The first-order valence-electron chi connectivity index (χ1n) is 4.09. The lowest BCUT2D eigenvalue weighted by Crippen LogP contribution is -2.06. The van der Waals surface area contributed by atoms with Gasteiger partial charge in [-0.25, -0.2) is 8.78 Å². The van der Waals surface area contributed by atoms with Crippen molar-refractivity contribution in [2.75, 3.05) is 0 Å². The third-order valence-corrected chi connectivity index (χ3v) is 2.02. The molecule has 0 spiro atoms. The van der Waals surface area contributed by atoms with Crippen molar-refractivity contribution in [3.8, 4) is 0 Å². The summed E-state index contributed by atoms with van der Waals surface area (Å²) in [5, 5.41) is 8.48. The van der Waals surface area contributed by atoms with Gasteiger partial charge in [-0.1, -0.05) is 0 Å². The first-order valence-corrected chi connectivity index (χ1v) is 4.09. The number of carbonyl (C=O) groups is 1. The molecule has 1 aromatic carbocycles. The highest BCUT2D eigenvalue weighted by Crippen LogP contribution is 2.20. The van der Waals surface area contributed by atoms with Gasteiger partial charge in [0.25, 0.3) is 0 Å². The zero-order valence-corrected chi connectivity index (χ0v) is 7.90. The van der Waals surface area contributed by atoms with Crippen molar-refractivity contribution >= 4 is 5.97 Å². The summed E-state index contributed by atoms with van der Waals surface area (Å²) in [5.74, 6) is -2.51. The van der Waals surface area contributed by atoms with E-state index >= 15 is 0 Å². The van der Waals surface area contributed by atoms with E-state index < -0.39 is 24.0 Å². The van der Waals surface area contributed by atoms with E-state index in [1.54, 1.807) is 0 Å². The van der Waals surface area contributed by atoms with Crippen molar-refractivity contribution in [2.45, 2.75) is 20.3 Å². The number of hydrogen-bond donors (Lipinski definition) is 1. The Hall–Kier alpha value is -1.45. The summed E-state index contributed by atoms with van der Waals surface area (Å²) in [7, 11) is 0. The Labute approximate surface area is 80.2 Å². The van der Waals surface area contributed by atoms with Crippen LogP contribution in [0.4, 0.5) is 8.78 Å². The summed E-state index contributed by atoms with van der Waals surface area (Å²) in [6, 6.07) is 1.23. The third kappa shape index (κ3) is 1.89. The van der Waals surface area contributed by atoms with E-state index in [0.717, 1.165) is 0 Å². The molecule has 76 valence electrons. The maximum absolute atomic E-state index is 13.3. The second kappa shape index (κ2) is 3.74. The van der Waals surface area contributed by atoms with Gasteiger partial charge in [0.05, 0.1) is 6.42 Å². The Balaban J connectivity index is 3.25. The fraction of sp³-hybridized carbons (Fsp3) is 0.300. The summed E-state index contributed by atoms with van der Waals surface area (Å²) >= 11 is 0. The number of hydrogen-bond acceptors (Lipinski definition) is 1. The molecule has 2 nitrogen and oxygen atoms in total. The quantitative estimate of drug-likeness (QED) is 0.794. The van der Waals surface area contributed by atoms with Gasteiger partial charge < -0.3 is 5.11 Å². The van der Waals surface area contributed by atoms with Gasteiger partial charge in [0.15, 0.2) is 0 Å². The van der Waals surface area contributed by atoms with Crippen molar-refractivity contribution < 1.29 is 18.7 Å². The largest absolute Gasteiger partial charge is 0.481 e. The van der Waals surface area contributed by atoms with Crippen LogP contribution < -0.4 is 0 Å². The summed E-state index contributed by atoms with van der Waals surface area (Å²) in [5.41, 5.74) is 0.162. The highest BCUT2D eigenvalue weighted by Gasteiger charge is 2.14. The van der Waals surface area contributed by atoms with E-state index in [-0.39, 0.29) is 16.7 Å². The maximum Gasteiger partial charge on any atom is 0.307 e. The molecule has 0 amide bonds. The molecule has 0 fully saturated rings. The van der Waals surface area contributed by atoms with Crippen LogP contribution in [0.15, 0.2) is 6.07 Å². The summed E-state index contributed by atoms with van der Waals surface area (Å²) in [6.45, 7) is 2.77. The van der Waals surface area contributed by atoms with E-state index in [2.05, 4.69) is 0 Å². The van der Waals surface area contributed by atoms with Crippen LogP contribution in [0.25, 0.3) is 0 Å². The maximum atomic E-state index is 13.3. The van der Waals surface area contributed by atoms with Gasteiger partial charge in [0.1, 0.15) is 11.6 Å². The molecule has 0 atom stereocenters. The summed E-state index contributed by atoms with van der Waals surface area (Å²) in [4.78, 5) is 10.4. The molecule has 0 saturated carbocycles. The van der Waals surface area contributed by atoms with E-state index in [9.17, 15) is 13.6 Å². The molecule has 0 aliphatic heterocycles. The molecule has 0 bridgehead atoms. The van der Waals surface area contributed by atoms with E-state index in [0.29, 0.717) is 0 Å². The monoisotopic (exact) mass is 200 g/mol. The number of carboxylic acids is 1. The molecule has 0 aliphatic rings. The zero-order valence-electron chi connectivity index (χ0n) is 7.90. The van der Waals surface area contributed by atoms with Crippen molar-refractivity contribution in [2.24, 2.45) is 0 Å². The van der Waals surface area contributed by atoms with E-state index in [1.165, 1.54) is 19.9 Å². The molecular weight excluding hydrogens is 190 g/mol. The third-order valence-electron chi connectivity index (χ3n) is 2.02. The number of aryl methyl sites for hydroxylation is 1. The van der Waals surface area contributed by atoms with Crippen LogP contribution in [0.5, 0.6) is 0 Å². The van der Waals surface area contributed by atoms with Crippen molar-refractivity contribution in [1.29, 1.82) is 0 Å². The van der Waals surface area contributed by atoms with Gasteiger partial charge in [0, 0.05) is 5.56 Å². The number of benzene rings is 1. The highest BCUT2D eigenvalue weighted by atomic mass is 19.1. The minimum absolute atomic E-state index is 0.0221. The first kappa shape index (κ1) is 10.6. The Morgan fingerprint density at radius 1 is 1.36 bits per heavy atom. The van der Waals surface area contributed by atoms with Gasteiger partial charge in [-0.2, -0.15) is 0 Å². The van der Waals surface area contributed by atoms with Crippen LogP contribution in [-0.2, 0) is 11.2 Å². The highest BCUT2D eigenvalue weighted by molar-refractivity contribution is 5.70. The number of rotatable bonds is 2. The molecule has 0 heterocycles. The Kier molecular flexibility index (Phi) is 2.84. The van der Waals surface area contributed by atoms with Crippen LogP contribution >= 0.6 is 0 Å². The molecular formula is C10H10F2O2. The molecule has 0 saturated heterocycles. The van der Waals surface area contributed by atoms with Gasteiger partial charge in [-0.15, -0.1) is 0 Å². The van der Waals surface area contributed by atoms with Crippen LogP contribution in [0, 0.1) is 25.5 Å². The normalized spacial score (nSPS) is 10.3. The predicted octanol–water partition coefficient (Wildman–Crippen LogP) is 2.21. The minimum atomic E-state index is -1.13. The van der Waals surface area contributed by atoms with Crippen molar-refractivity contribution in [3.63, 3.8) is 0 Å². The van der Waals surface area contributed by atoms with E-state index in [4.69, 9.17) is 5.11 Å². The second-order valence-corrected chi connectivity index (χ2v) is 3.18. The van der Waals surface area contributed by atoms with Crippen LogP contribution in [0.3, 0.4) is 0 Å². The molecule has 1 N–H and O–H groups in total. The first-order chi connectivity index (χ1) is 6.43. The Morgan fingerprint density at radius 2 is 1.93 bits per heavy atom. The van der Waals surface area contributed by atoms with Gasteiger partial charge in [-0.05, 0) is 31.0 Å². The zero-order chi connectivity index (χ0) is 10.9. The topological polar surface area (TPSA) is 37.3 Å². The van der Waals surface area contributed by atoms with Crippen LogP contribution in [-0.4, -0.2) is 11.1 Å². The fourth-order valence-corrected chi connectivity index (χ4v) is 1.31. The molecule has 14 heavy (non-hydrogen) atoms. The molecule has 0 aliphatic carbocycles. The smallest absolute Gasteiger partial charge is 0.307 e.